The Balaban J connectivity index is 1.54. The first-order chi connectivity index (χ1) is 11.2. The fraction of sp³-hybridized carbons (Fsp3) is 0.500. The van der Waals surface area contributed by atoms with Crippen molar-refractivity contribution >= 4 is 29.4 Å². The fourth-order valence-electron chi connectivity index (χ4n) is 3.79. The zero-order valence-electron chi connectivity index (χ0n) is 13.5. The standard InChI is InChI=1S/C18H22N2OS2/c1-10-3-8-13-14(9-10)23-18-15(13)17(21)19-16(20-18)11-4-6-12(22-2)7-5-11/h4-7,10,15-16,18,20H,3,8-9H2,1-2H3,(H,19,21). The molecule has 4 unspecified atom stereocenters. The molecule has 23 heavy (non-hydrogen) atoms. The summed E-state index contributed by atoms with van der Waals surface area (Å²) in [5, 5.41) is 7.03. The molecule has 1 aliphatic carbocycles. The van der Waals surface area contributed by atoms with Gasteiger partial charge in [-0.05, 0) is 59.6 Å². The van der Waals surface area contributed by atoms with Crippen molar-refractivity contribution < 1.29 is 4.79 Å². The van der Waals surface area contributed by atoms with Crippen LogP contribution in [0.4, 0.5) is 0 Å². The van der Waals surface area contributed by atoms with Crippen LogP contribution in [0.3, 0.4) is 0 Å². The van der Waals surface area contributed by atoms with Gasteiger partial charge in [0.1, 0.15) is 6.17 Å². The Kier molecular flexibility index (Phi) is 4.20. The summed E-state index contributed by atoms with van der Waals surface area (Å²) in [4.78, 5) is 15.4. The SMILES string of the molecule is CSc1ccc(C2NC(=O)C3C4=C(CC(C)CC4)SC3N2)cc1. The molecule has 0 bridgehead atoms. The maximum absolute atomic E-state index is 12.7. The van der Waals surface area contributed by atoms with E-state index in [-0.39, 0.29) is 23.4 Å². The van der Waals surface area contributed by atoms with Gasteiger partial charge in [-0.25, -0.2) is 0 Å². The number of hydrogen-bond donors (Lipinski definition) is 2. The first-order valence-corrected chi connectivity index (χ1v) is 10.3. The van der Waals surface area contributed by atoms with Gasteiger partial charge in [-0.1, -0.05) is 19.1 Å². The van der Waals surface area contributed by atoms with E-state index in [1.54, 1.807) is 11.8 Å². The molecule has 5 heteroatoms. The van der Waals surface area contributed by atoms with Crippen molar-refractivity contribution in [1.29, 1.82) is 0 Å². The summed E-state index contributed by atoms with van der Waals surface area (Å²) >= 11 is 3.63. The van der Waals surface area contributed by atoms with E-state index >= 15 is 0 Å². The fourth-order valence-corrected chi connectivity index (χ4v) is 5.89. The lowest BCUT2D eigenvalue weighted by molar-refractivity contribution is -0.127. The van der Waals surface area contributed by atoms with Crippen molar-refractivity contribution in [3.8, 4) is 0 Å². The van der Waals surface area contributed by atoms with Crippen LogP contribution in [0.1, 0.15) is 37.9 Å². The number of amides is 1. The molecule has 1 aromatic carbocycles. The summed E-state index contributed by atoms with van der Waals surface area (Å²) < 4.78 is 0. The van der Waals surface area contributed by atoms with Crippen LogP contribution >= 0.6 is 23.5 Å². The Morgan fingerprint density at radius 2 is 2.04 bits per heavy atom. The lowest BCUT2D eigenvalue weighted by atomic mass is 9.83. The van der Waals surface area contributed by atoms with Crippen molar-refractivity contribution in [2.45, 2.75) is 42.6 Å². The number of carbonyl (C=O) groups is 1. The molecule has 3 aliphatic rings. The summed E-state index contributed by atoms with van der Waals surface area (Å²) in [6, 6.07) is 8.46. The average Bonchev–Trinajstić information content (AvgIpc) is 2.92. The quantitative estimate of drug-likeness (QED) is 0.797. The Morgan fingerprint density at radius 3 is 2.78 bits per heavy atom. The van der Waals surface area contributed by atoms with Crippen LogP contribution in [0.2, 0.25) is 0 Å². The second kappa shape index (κ2) is 6.19. The molecule has 0 aromatic heterocycles. The predicted molar refractivity (Wildman–Crippen MR) is 97.2 cm³/mol. The van der Waals surface area contributed by atoms with E-state index < -0.39 is 0 Å². The third-order valence-corrected chi connectivity index (χ3v) is 7.21. The van der Waals surface area contributed by atoms with Gasteiger partial charge in [0.15, 0.2) is 0 Å². The highest BCUT2D eigenvalue weighted by atomic mass is 32.2. The van der Waals surface area contributed by atoms with E-state index in [4.69, 9.17) is 0 Å². The molecule has 122 valence electrons. The van der Waals surface area contributed by atoms with Crippen molar-refractivity contribution in [3.63, 3.8) is 0 Å². The van der Waals surface area contributed by atoms with Crippen LogP contribution in [0.5, 0.6) is 0 Å². The van der Waals surface area contributed by atoms with E-state index in [1.165, 1.54) is 21.8 Å². The molecule has 2 N–H and O–H groups in total. The van der Waals surface area contributed by atoms with E-state index in [1.807, 2.05) is 11.8 Å². The molecule has 4 rings (SSSR count). The number of hydrogen-bond acceptors (Lipinski definition) is 4. The van der Waals surface area contributed by atoms with Gasteiger partial charge in [-0.2, -0.15) is 0 Å². The van der Waals surface area contributed by atoms with E-state index in [0.717, 1.165) is 24.3 Å². The van der Waals surface area contributed by atoms with Gasteiger partial charge in [0.25, 0.3) is 0 Å². The largest absolute Gasteiger partial charge is 0.336 e. The van der Waals surface area contributed by atoms with E-state index in [9.17, 15) is 4.79 Å². The number of allylic oxidation sites excluding steroid dienone is 1. The van der Waals surface area contributed by atoms with Crippen LogP contribution in [-0.2, 0) is 4.79 Å². The summed E-state index contributed by atoms with van der Waals surface area (Å²) in [7, 11) is 0. The number of thioether (sulfide) groups is 2. The molecule has 4 atom stereocenters. The van der Waals surface area contributed by atoms with Gasteiger partial charge in [-0.15, -0.1) is 23.5 Å². The number of benzene rings is 1. The van der Waals surface area contributed by atoms with Crippen molar-refractivity contribution in [2.24, 2.45) is 11.8 Å². The minimum atomic E-state index is -0.0778. The molecular formula is C18H22N2OS2. The Morgan fingerprint density at radius 1 is 1.26 bits per heavy atom. The molecule has 1 amide bonds. The van der Waals surface area contributed by atoms with Gasteiger partial charge in [0.05, 0.1) is 11.3 Å². The molecule has 1 aromatic rings. The average molecular weight is 347 g/mol. The summed E-state index contributed by atoms with van der Waals surface area (Å²) in [5.41, 5.74) is 2.53. The Labute approximate surface area is 146 Å². The predicted octanol–water partition coefficient (Wildman–Crippen LogP) is 3.89. The first kappa shape index (κ1) is 15.6. The molecule has 1 saturated heterocycles. The monoisotopic (exact) mass is 346 g/mol. The van der Waals surface area contributed by atoms with Gasteiger partial charge >= 0.3 is 0 Å². The van der Waals surface area contributed by atoms with Gasteiger partial charge in [0, 0.05) is 4.90 Å². The number of carbonyl (C=O) groups excluding carboxylic acids is 1. The molecule has 2 heterocycles. The van der Waals surface area contributed by atoms with Gasteiger partial charge in [-0.3, -0.25) is 10.1 Å². The minimum Gasteiger partial charge on any atom is -0.336 e. The minimum absolute atomic E-state index is 0.0317. The third kappa shape index (κ3) is 2.83. The molecule has 3 nitrogen and oxygen atoms in total. The van der Waals surface area contributed by atoms with Crippen molar-refractivity contribution in [1.82, 2.24) is 10.6 Å². The zero-order valence-corrected chi connectivity index (χ0v) is 15.1. The highest BCUT2D eigenvalue weighted by Crippen LogP contribution is 2.50. The maximum atomic E-state index is 12.7. The second-order valence-electron chi connectivity index (χ2n) is 6.69. The van der Waals surface area contributed by atoms with Gasteiger partial charge in [0.2, 0.25) is 5.91 Å². The highest BCUT2D eigenvalue weighted by molar-refractivity contribution is 8.04. The van der Waals surface area contributed by atoms with Crippen LogP contribution in [-0.4, -0.2) is 17.5 Å². The second-order valence-corrected chi connectivity index (χ2v) is 8.81. The van der Waals surface area contributed by atoms with Crippen LogP contribution in [0.15, 0.2) is 39.6 Å². The lowest BCUT2D eigenvalue weighted by Crippen LogP contribution is -2.54. The third-order valence-electron chi connectivity index (χ3n) is 5.10. The molecule has 0 saturated carbocycles. The first-order valence-electron chi connectivity index (χ1n) is 8.24. The maximum Gasteiger partial charge on any atom is 0.231 e. The molecular weight excluding hydrogens is 324 g/mol. The van der Waals surface area contributed by atoms with E-state index in [2.05, 4.69) is 48.1 Å². The smallest absolute Gasteiger partial charge is 0.231 e. The summed E-state index contributed by atoms with van der Waals surface area (Å²) in [6.07, 6.45) is 5.45. The van der Waals surface area contributed by atoms with Crippen LogP contribution < -0.4 is 10.6 Å². The van der Waals surface area contributed by atoms with Crippen molar-refractivity contribution in [3.05, 3.63) is 40.3 Å². The van der Waals surface area contributed by atoms with E-state index in [0.29, 0.717) is 0 Å². The number of rotatable bonds is 2. The lowest BCUT2D eigenvalue weighted by Gasteiger charge is -2.34. The van der Waals surface area contributed by atoms with Crippen LogP contribution in [0, 0.1) is 11.8 Å². The van der Waals surface area contributed by atoms with Crippen molar-refractivity contribution in [2.75, 3.05) is 6.26 Å². The Bertz CT molecular complexity index is 655. The normalized spacial score (nSPS) is 33.2. The molecule has 0 spiro atoms. The van der Waals surface area contributed by atoms with Crippen LogP contribution in [0.25, 0.3) is 0 Å². The molecule has 0 radical (unpaired) electrons. The number of nitrogens with one attached hydrogen (secondary N) is 2. The summed E-state index contributed by atoms with van der Waals surface area (Å²) in [6.45, 7) is 2.32. The number of fused-ring (bicyclic) bond motifs is 2. The Hall–Kier alpha value is -0.910. The molecule has 2 aliphatic heterocycles. The summed E-state index contributed by atoms with van der Waals surface area (Å²) in [5.74, 6) is 0.975. The zero-order chi connectivity index (χ0) is 16.0. The highest BCUT2D eigenvalue weighted by Gasteiger charge is 2.45. The topological polar surface area (TPSA) is 41.1 Å². The molecule has 1 fully saturated rings. The van der Waals surface area contributed by atoms with Gasteiger partial charge < -0.3 is 5.32 Å².